The lowest BCUT2D eigenvalue weighted by Gasteiger charge is -2.19. The van der Waals surface area contributed by atoms with Crippen LogP contribution in [0.25, 0.3) is 0 Å². The van der Waals surface area contributed by atoms with E-state index in [0.717, 1.165) is 42.0 Å². The highest BCUT2D eigenvalue weighted by atomic mass is 16.5. The van der Waals surface area contributed by atoms with Crippen molar-refractivity contribution in [2.45, 2.75) is 53.0 Å². The number of hydrogen-bond acceptors (Lipinski definition) is 3. The smallest absolute Gasteiger partial charge is 0.128 e. The minimum atomic E-state index is 0.191. The van der Waals surface area contributed by atoms with E-state index in [1.807, 2.05) is 13.1 Å². The average molecular weight is 276 g/mol. The van der Waals surface area contributed by atoms with Gasteiger partial charge < -0.3 is 10.1 Å². The molecule has 0 saturated carbocycles. The van der Waals surface area contributed by atoms with Gasteiger partial charge >= 0.3 is 0 Å². The molecular weight excluding hydrogens is 248 g/mol. The third kappa shape index (κ3) is 5.33. The van der Waals surface area contributed by atoms with E-state index >= 15 is 0 Å². The van der Waals surface area contributed by atoms with Crippen molar-refractivity contribution in [1.82, 2.24) is 10.3 Å². The third-order valence-corrected chi connectivity index (χ3v) is 3.19. The molecule has 0 aromatic carbocycles. The van der Waals surface area contributed by atoms with Gasteiger partial charge in [0.1, 0.15) is 5.75 Å². The number of aryl methyl sites for hydroxylation is 1. The minimum absolute atomic E-state index is 0.191. The second-order valence-electron chi connectivity index (χ2n) is 6.19. The highest BCUT2D eigenvalue weighted by molar-refractivity contribution is 5.41. The molecule has 0 atom stereocenters. The van der Waals surface area contributed by atoms with Crippen LogP contribution in [-0.4, -0.2) is 24.2 Å². The number of methoxy groups -OCH3 is 1. The fourth-order valence-corrected chi connectivity index (χ4v) is 2.12. The van der Waals surface area contributed by atoms with Crippen LogP contribution >= 0.6 is 0 Å². The zero-order valence-electron chi connectivity index (χ0n) is 13.7. The summed E-state index contributed by atoms with van der Waals surface area (Å²) in [6, 6.07) is 0. The quantitative estimate of drug-likeness (QED) is 0.637. The van der Waals surface area contributed by atoms with E-state index in [-0.39, 0.29) is 5.54 Å². The molecule has 1 aromatic heterocycles. The normalized spacial score (nSPS) is 12.1. The minimum Gasteiger partial charge on any atom is -0.496 e. The first-order chi connectivity index (χ1) is 9.35. The summed E-state index contributed by atoms with van der Waals surface area (Å²) in [6.45, 7) is 11.6. The maximum Gasteiger partial charge on any atom is 0.128 e. The van der Waals surface area contributed by atoms with E-state index < -0.39 is 0 Å². The third-order valence-electron chi connectivity index (χ3n) is 3.19. The van der Waals surface area contributed by atoms with Gasteiger partial charge in [-0.1, -0.05) is 12.2 Å². The molecule has 0 radical (unpaired) electrons. The molecule has 0 aliphatic rings. The van der Waals surface area contributed by atoms with E-state index in [4.69, 9.17) is 4.74 Å². The van der Waals surface area contributed by atoms with Crippen molar-refractivity contribution in [3.63, 3.8) is 0 Å². The molecule has 3 nitrogen and oxygen atoms in total. The van der Waals surface area contributed by atoms with Crippen LogP contribution < -0.4 is 10.1 Å². The summed E-state index contributed by atoms with van der Waals surface area (Å²) in [5.74, 6) is 0.956. The number of aromatic nitrogens is 1. The second kappa shape index (κ2) is 7.44. The number of ether oxygens (including phenoxy) is 1. The molecule has 0 aliphatic carbocycles. The molecule has 0 fully saturated rings. The maximum absolute atomic E-state index is 5.42. The predicted molar refractivity (Wildman–Crippen MR) is 85.5 cm³/mol. The van der Waals surface area contributed by atoms with Crippen molar-refractivity contribution >= 4 is 0 Å². The van der Waals surface area contributed by atoms with E-state index in [9.17, 15) is 0 Å². The lowest BCUT2D eigenvalue weighted by molar-refractivity contribution is 0.407. The zero-order chi connectivity index (χ0) is 15.2. The second-order valence-corrected chi connectivity index (χ2v) is 6.19. The Hall–Kier alpha value is -1.35. The van der Waals surface area contributed by atoms with Gasteiger partial charge in [-0.15, -0.1) is 0 Å². The van der Waals surface area contributed by atoms with Crippen LogP contribution in [0.3, 0.4) is 0 Å². The summed E-state index contributed by atoms with van der Waals surface area (Å²) in [6.07, 6.45) is 8.19. The Bertz CT molecular complexity index is 459. The van der Waals surface area contributed by atoms with Crippen molar-refractivity contribution in [2.24, 2.45) is 0 Å². The molecule has 1 N–H and O–H groups in total. The molecule has 112 valence electrons. The monoisotopic (exact) mass is 276 g/mol. The summed E-state index contributed by atoms with van der Waals surface area (Å²) >= 11 is 0. The van der Waals surface area contributed by atoms with Gasteiger partial charge in [-0.05, 0) is 47.6 Å². The van der Waals surface area contributed by atoms with E-state index in [2.05, 4.69) is 50.1 Å². The van der Waals surface area contributed by atoms with Crippen molar-refractivity contribution in [3.8, 4) is 5.75 Å². The summed E-state index contributed by atoms with van der Waals surface area (Å²) < 4.78 is 5.42. The lowest BCUT2D eigenvalue weighted by atomic mass is 10.1. The predicted octanol–water partition coefficient (Wildman–Crippen LogP) is 3.58. The Morgan fingerprint density at radius 2 is 1.95 bits per heavy atom. The number of hydrogen-bond donors (Lipinski definition) is 1. The Kier molecular flexibility index (Phi) is 6.21. The van der Waals surface area contributed by atoms with E-state index in [0.29, 0.717) is 0 Å². The first-order valence-corrected chi connectivity index (χ1v) is 7.24. The fourth-order valence-electron chi connectivity index (χ4n) is 2.12. The summed E-state index contributed by atoms with van der Waals surface area (Å²) in [4.78, 5) is 4.50. The lowest BCUT2D eigenvalue weighted by Crippen LogP contribution is -2.36. The van der Waals surface area contributed by atoms with E-state index in [1.165, 1.54) is 0 Å². The molecule has 0 aliphatic heterocycles. The summed E-state index contributed by atoms with van der Waals surface area (Å²) in [5, 5.41) is 3.47. The van der Waals surface area contributed by atoms with Gasteiger partial charge in [-0.25, -0.2) is 0 Å². The number of nitrogens with one attached hydrogen (secondary N) is 1. The molecule has 20 heavy (non-hydrogen) atoms. The van der Waals surface area contributed by atoms with Gasteiger partial charge in [0.2, 0.25) is 0 Å². The molecule has 0 bridgehead atoms. The molecule has 1 aromatic rings. The van der Waals surface area contributed by atoms with Gasteiger partial charge in [0.15, 0.2) is 0 Å². The Labute approximate surface area is 123 Å². The van der Waals surface area contributed by atoms with Crippen LogP contribution in [0.4, 0.5) is 0 Å². The highest BCUT2D eigenvalue weighted by Gasteiger charge is 2.08. The van der Waals surface area contributed by atoms with E-state index in [1.54, 1.807) is 7.11 Å². The maximum atomic E-state index is 5.42. The number of nitrogens with zero attached hydrogens (tertiary/aromatic N) is 1. The van der Waals surface area contributed by atoms with Gasteiger partial charge in [-0.2, -0.15) is 0 Å². The first kappa shape index (κ1) is 16.7. The van der Waals surface area contributed by atoms with Gasteiger partial charge in [-0.3, -0.25) is 4.98 Å². The molecule has 1 rings (SSSR count). The molecule has 1 heterocycles. The molecule has 0 unspecified atom stereocenters. The van der Waals surface area contributed by atoms with Crippen LogP contribution in [0, 0.1) is 13.8 Å². The Balaban J connectivity index is 2.50. The van der Waals surface area contributed by atoms with Crippen molar-refractivity contribution < 1.29 is 4.74 Å². The Morgan fingerprint density at radius 3 is 2.55 bits per heavy atom. The van der Waals surface area contributed by atoms with Gasteiger partial charge in [0, 0.05) is 29.3 Å². The van der Waals surface area contributed by atoms with Gasteiger partial charge in [0.25, 0.3) is 0 Å². The number of allylic oxidation sites excluding steroid dienone is 1. The topological polar surface area (TPSA) is 34.1 Å². The number of pyridine rings is 1. The molecule has 3 heteroatoms. The first-order valence-electron chi connectivity index (χ1n) is 7.24. The zero-order valence-corrected chi connectivity index (χ0v) is 13.7. The molecular formula is C17H28N2O. The number of rotatable bonds is 6. The SMILES string of the molecule is COc1c(C)cnc(CC=CCCNC(C)(C)C)c1C. The van der Waals surface area contributed by atoms with Crippen LogP contribution in [0.15, 0.2) is 18.3 Å². The van der Waals surface area contributed by atoms with Crippen LogP contribution in [0.1, 0.15) is 44.0 Å². The van der Waals surface area contributed by atoms with Crippen LogP contribution in [0.5, 0.6) is 5.75 Å². The van der Waals surface area contributed by atoms with Crippen LogP contribution in [-0.2, 0) is 6.42 Å². The van der Waals surface area contributed by atoms with Crippen molar-refractivity contribution in [1.29, 1.82) is 0 Å². The average Bonchev–Trinajstić information content (AvgIpc) is 2.35. The van der Waals surface area contributed by atoms with Crippen molar-refractivity contribution in [2.75, 3.05) is 13.7 Å². The fraction of sp³-hybridized carbons (Fsp3) is 0.588. The molecule has 0 amide bonds. The summed E-state index contributed by atoms with van der Waals surface area (Å²) in [5.41, 5.74) is 3.51. The standard InChI is InChI=1S/C17H28N2O/c1-13-12-18-15(14(2)16(13)20-6)10-8-7-9-11-19-17(3,4)5/h7-8,12,19H,9-11H2,1-6H3. The molecule has 0 spiro atoms. The van der Waals surface area contributed by atoms with Crippen molar-refractivity contribution in [3.05, 3.63) is 35.2 Å². The van der Waals surface area contributed by atoms with Gasteiger partial charge in [0.05, 0.1) is 12.8 Å². The van der Waals surface area contributed by atoms with Crippen LogP contribution in [0.2, 0.25) is 0 Å². The highest BCUT2D eigenvalue weighted by Crippen LogP contribution is 2.24. The molecule has 0 saturated heterocycles. The summed E-state index contributed by atoms with van der Waals surface area (Å²) in [7, 11) is 1.72. The largest absolute Gasteiger partial charge is 0.496 e. The Morgan fingerprint density at radius 1 is 1.25 bits per heavy atom.